The Kier molecular flexibility index (Phi) is 2.96. The molecule has 18 heavy (non-hydrogen) atoms. The zero-order valence-corrected chi connectivity index (χ0v) is 9.25. The second-order valence-corrected chi connectivity index (χ2v) is 3.45. The Balaban J connectivity index is 2.26. The van der Waals surface area contributed by atoms with Crippen LogP contribution in [0.2, 0.25) is 0 Å². The second kappa shape index (κ2) is 4.57. The molecule has 0 radical (unpaired) electrons. The first kappa shape index (κ1) is 11.6. The summed E-state index contributed by atoms with van der Waals surface area (Å²) in [5, 5.41) is 25.6. The van der Waals surface area contributed by atoms with Crippen LogP contribution >= 0.6 is 0 Å². The van der Waals surface area contributed by atoms with Crippen LogP contribution in [0.1, 0.15) is 15.9 Å². The zero-order chi connectivity index (χ0) is 13.1. The van der Waals surface area contributed by atoms with E-state index in [4.69, 9.17) is 0 Å². The lowest BCUT2D eigenvalue weighted by molar-refractivity contribution is -0.385. The summed E-state index contributed by atoms with van der Waals surface area (Å²) < 4.78 is 0. The van der Waals surface area contributed by atoms with Crippen LogP contribution in [-0.2, 0) is 0 Å². The number of nitrogens with zero attached hydrogens (tertiary/aromatic N) is 4. The van der Waals surface area contributed by atoms with Gasteiger partial charge in [0, 0.05) is 17.2 Å². The number of amides is 1. The van der Waals surface area contributed by atoms with E-state index in [1.54, 1.807) is 6.92 Å². The van der Waals surface area contributed by atoms with E-state index in [2.05, 4.69) is 25.9 Å². The van der Waals surface area contributed by atoms with Crippen LogP contribution in [0, 0.1) is 17.0 Å². The zero-order valence-electron chi connectivity index (χ0n) is 9.25. The van der Waals surface area contributed by atoms with Gasteiger partial charge in [-0.05, 0) is 18.2 Å². The standard InChI is InChI=1S/C9H8N6O3/c1-5-2-3-6(4-7(5)15(17)18)8(16)10-9-11-13-14-12-9/h2-4H,1H3,(H2,10,11,12,13,14,16). The van der Waals surface area contributed by atoms with Gasteiger partial charge in [-0.15, -0.1) is 5.10 Å². The molecule has 0 saturated carbocycles. The molecule has 1 aromatic heterocycles. The number of carbonyl (C=O) groups is 1. The molecular formula is C9H8N6O3. The molecule has 1 heterocycles. The third-order valence-electron chi connectivity index (χ3n) is 2.24. The molecule has 0 aliphatic heterocycles. The number of hydrogen-bond acceptors (Lipinski definition) is 6. The normalized spacial score (nSPS) is 10.1. The molecule has 0 unspecified atom stereocenters. The molecule has 1 aromatic carbocycles. The van der Waals surface area contributed by atoms with Crippen molar-refractivity contribution in [3.63, 3.8) is 0 Å². The molecule has 2 N–H and O–H groups in total. The van der Waals surface area contributed by atoms with Crippen LogP contribution in [0.4, 0.5) is 11.6 Å². The van der Waals surface area contributed by atoms with E-state index in [1.165, 1.54) is 18.2 Å². The first-order valence-electron chi connectivity index (χ1n) is 4.88. The number of benzene rings is 1. The van der Waals surface area contributed by atoms with Gasteiger partial charge in [0.15, 0.2) is 0 Å². The van der Waals surface area contributed by atoms with Crippen LogP contribution in [0.3, 0.4) is 0 Å². The van der Waals surface area contributed by atoms with Gasteiger partial charge < -0.3 is 0 Å². The van der Waals surface area contributed by atoms with Crippen molar-refractivity contribution in [3.05, 3.63) is 39.4 Å². The number of nitro groups is 1. The summed E-state index contributed by atoms with van der Waals surface area (Å²) in [5.41, 5.74) is 0.518. The fourth-order valence-corrected chi connectivity index (χ4v) is 1.34. The van der Waals surface area contributed by atoms with Crippen molar-refractivity contribution in [1.29, 1.82) is 0 Å². The number of aromatic amines is 1. The number of hydrogen-bond donors (Lipinski definition) is 2. The average molecular weight is 248 g/mol. The summed E-state index contributed by atoms with van der Waals surface area (Å²) >= 11 is 0. The van der Waals surface area contributed by atoms with Gasteiger partial charge in [-0.25, -0.2) is 0 Å². The van der Waals surface area contributed by atoms with Gasteiger partial charge in [0.05, 0.1) is 4.92 Å². The van der Waals surface area contributed by atoms with Crippen LogP contribution in [0.25, 0.3) is 0 Å². The van der Waals surface area contributed by atoms with Crippen molar-refractivity contribution >= 4 is 17.5 Å². The molecule has 0 fully saturated rings. The van der Waals surface area contributed by atoms with Gasteiger partial charge in [0.2, 0.25) is 0 Å². The number of tetrazole rings is 1. The van der Waals surface area contributed by atoms with E-state index in [0.717, 1.165) is 0 Å². The first-order valence-corrected chi connectivity index (χ1v) is 4.88. The van der Waals surface area contributed by atoms with Crippen molar-refractivity contribution in [3.8, 4) is 0 Å². The lowest BCUT2D eigenvalue weighted by Gasteiger charge is -2.02. The number of nitrogens with one attached hydrogen (secondary N) is 2. The molecule has 0 spiro atoms. The van der Waals surface area contributed by atoms with E-state index < -0.39 is 10.8 Å². The Morgan fingerprint density at radius 2 is 2.28 bits per heavy atom. The van der Waals surface area contributed by atoms with Gasteiger partial charge >= 0.3 is 0 Å². The molecular weight excluding hydrogens is 240 g/mol. The number of rotatable bonds is 3. The Hall–Kier alpha value is -2.84. The lowest BCUT2D eigenvalue weighted by Crippen LogP contribution is -2.13. The molecule has 0 saturated heterocycles. The summed E-state index contributed by atoms with van der Waals surface area (Å²) in [4.78, 5) is 21.9. The molecule has 1 amide bonds. The van der Waals surface area contributed by atoms with Crippen molar-refractivity contribution in [1.82, 2.24) is 20.6 Å². The lowest BCUT2D eigenvalue weighted by atomic mass is 10.1. The highest BCUT2D eigenvalue weighted by atomic mass is 16.6. The van der Waals surface area contributed by atoms with Crippen LogP contribution in [0.15, 0.2) is 18.2 Å². The summed E-state index contributed by atoms with van der Waals surface area (Å²) in [6, 6.07) is 4.19. The Morgan fingerprint density at radius 1 is 1.50 bits per heavy atom. The van der Waals surface area contributed by atoms with Crippen LogP contribution in [-0.4, -0.2) is 31.5 Å². The summed E-state index contributed by atoms with van der Waals surface area (Å²) in [7, 11) is 0. The Labute approximate surface area is 100 Å². The fraction of sp³-hybridized carbons (Fsp3) is 0.111. The Morgan fingerprint density at radius 3 is 2.89 bits per heavy atom. The van der Waals surface area contributed by atoms with Crippen molar-refractivity contribution in [2.75, 3.05) is 5.32 Å². The number of aromatic nitrogens is 4. The quantitative estimate of drug-likeness (QED) is 0.607. The predicted molar refractivity (Wildman–Crippen MR) is 60.0 cm³/mol. The number of carbonyl (C=O) groups excluding carboxylic acids is 1. The number of anilines is 1. The summed E-state index contributed by atoms with van der Waals surface area (Å²) in [6.45, 7) is 1.60. The van der Waals surface area contributed by atoms with E-state index in [0.29, 0.717) is 5.56 Å². The minimum Gasteiger partial charge on any atom is -0.288 e. The van der Waals surface area contributed by atoms with Gasteiger partial charge in [0.1, 0.15) is 0 Å². The number of aryl methyl sites for hydroxylation is 1. The molecule has 0 atom stereocenters. The smallest absolute Gasteiger partial charge is 0.273 e. The molecule has 9 heteroatoms. The average Bonchev–Trinajstić information content (AvgIpc) is 2.81. The predicted octanol–water partition coefficient (Wildman–Crippen LogP) is 0.669. The maximum Gasteiger partial charge on any atom is 0.273 e. The fourth-order valence-electron chi connectivity index (χ4n) is 1.34. The number of H-pyrrole nitrogens is 1. The van der Waals surface area contributed by atoms with Crippen molar-refractivity contribution in [2.45, 2.75) is 6.92 Å². The van der Waals surface area contributed by atoms with Crippen molar-refractivity contribution < 1.29 is 9.72 Å². The molecule has 2 aromatic rings. The topological polar surface area (TPSA) is 127 Å². The highest BCUT2D eigenvalue weighted by Crippen LogP contribution is 2.19. The van der Waals surface area contributed by atoms with E-state index >= 15 is 0 Å². The SMILES string of the molecule is Cc1ccc(C(=O)Nc2nn[nH]n2)cc1[N+](=O)[O-]. The molecule has 2 rings (SSSR count). The highest BCUT2D eigenvalue weighted by molar-refractivity contribution is 6.03. The van der Waals surface area contributed by atoms with E-state index in [-0.39, 0.29) is 17.2 Å². The monoisotopic (exact) mass is 248 g/mol. The first-order chi connectivity index (χ1) is 8.58. The van der Waals surface area contributed by atoms with Gasteiger partial charge in [-0.1, -0.05) is 11.2 Å². The summed E-state index contributed by atoms with van der Waals surface area (Å²) in [5.74, 6) is -0.539. The highest BCUT2D eigenvalue weighted by Gasteiger charge is 2.15. The third kappa shape index (κ3) is 2.29. The maximum absolute atomic E-state index is 11.7. The van der Waals surface area contributed by atoms with E-state index in [1.807, 2.05) is 0 Å². The molecule has 0 aliphatic carbocycles. The van der Waals surface area contributed by atoms with Crippen LogP contribution < -0.4 is 5.32 Å². The molecule has 9 nitrogen and oxygen atoms in total. The minimum atomic E-state index is -0.542. The van der Waals surface area contributed by atoms with Crippen molar-refractivity contribution in [2.24, 2.45) is 0 Å². The van der Waals surface area contributed by atoms with Gasteiger partial charge in [-0.2, -0.15) is 5.21 Å². The van der Waals surface area contributed by atoms with Gasteiger partial charge in [-0.3, -0.25) is 20.2 Å². The molecule has 92 valence electrons. The summed E-state index contributed by atoms with van der Waals surface area (Å²) in [6.07, 6.45) is 0. The second-order valence-electron chi connectivity index (χ2n) is 3.45. The third-order valence-corrected chi connectivity index (χ3v) is 2.24. The van der Waals surface area contributed by atoms with Crippen LogP contribution in [0.5, 0.6) is 0 Å². The minimum absolute atomic E-state index is 0.00299. The van der Waals surface area contributed by atoms with E-state index in [9.17, 15) is 14.9 Å². The number of nitro benzene ring substituents is 1. The largest absolute Gasteiger partial charge is 0.288 e. The van der Waals surface area contributed by atoms with Gasteiger partial charge in [0.25, 0.3) is 17.5 Å². The maximum atomic E-state index is 11.7. The molecule has 0 aliphatic rings. The molecule has 0 bridgehead atoms. The Bertz CT molecular complexity index is 594.